The highest BCUT2D eigenvalue weighted by atomic mass is 16.5. The van der Waals surface area contributed by atoms with Gasteiger partial charge in [-0.1, -0.05) is 18.2 Å². The number of hydrogen-bond donors (Lipinski definition) is 0. The minimum absolute atomic E-state index is 0.123. The number of aryl methyl sites for hydroxylation is 1. The van der Waals surface area contributed by atoms with Crippen LogP contribution in [0.1, 0.15) is 51.5 Å². The molecule has 3 heterocycles. The van der Waals surface area contributed by atoms with Crippen LogP contribution in [0.4, 0.5) is 5.69 Å². The second-order valence-electron chi connectivity index (χ2n) is 11.3. The maximum atomic E-state index is 6.54. The van der Waals surface area contributed by atoms with Crippen molar-refractivity contribution in [1.29, 1.82) is 0 Å². The molecule has 4 aliphatic carbocycles. The quantitative estimate of drug-likeness (QED) is 0.636. The van der Waals surface area contributed by atoms with Gasteiger partial charge in [0.1, 0.15) is 0 Å². The Bertz CT molecular complexity index is 964. The van der Waals surface area contributed by atoms with Crippen molar-refractivity contribution in [3.8, 4) is 0 Å². The van der Waals surface area contributed by atoms with Gasteiger partial charge < -0.3 is 14.5 Å². The Morgan fingerprint density at radius 3 is 2.33 bits per heavy atom. The molecule has 3 atom stereocenters. The topological polar surface area (TPSA) is 15.7 Å². The molecule has 3 heteroatoms. The molecule has 4 saturated carbocycles. The third kappa shape index (κ3) is 1.78. The Labute approximate surface area is 180 Å². The van der Waals surface area contributed by atoms with Gasteiger partial charge in [-0.3, -0.25) is 0 Å². The summed E-state index contributed by atoms with van der Waals surface area (Å²) in [7, 11) is 2.31. The van der Waals surface area contributed by atoms with Crippen LogP contribution in [0.5, 0.6) is 0 Å². The van der Waals surface area contributed by atoms with Crippen LogP contribution in [-0.4, -0.2) is 35.2 Å². The maximum absolute atomic E-state index is 6.54. The maximum Gasteiger partial charge on any atom is 0.154 e. The van der Waals surface area contributed by atoms with Crippen LogP contribution in [0.25, 0.3) is 0 Å². The summed E-state index contributed by atoms with van der Waals surface area (Å²) >= 11 is 0. The average Bonchev–Trinajstić information content (AvgIpc) is 3.29. The zero-order valence-electron chi connectivity index (χ0n) is 18.8. The van der Waals surface area contributed by atoms with E-state index in [1.54, 1.807) is 11.3 Å². The van der Waals surface area contributed by atoms with Crippen molar-refractivity contribution < 1.29 is 4.74 Å². The highest BCUT2D eigenvalue weighted by Crippen LogP contribution is 2.69. The molecule has 1 aromatic carbocycles. The molecule has 3 nitrogen and oxygen atoms in total. The molecule has 1 aromatic rings. The predicted molar refractivity (Wildman–Crippen MR) is 120 cm³/mol. The van der Waals surface area contributed by atoms with Gasteiger partial charge in [-0.15, -0.1) is 0 Å². The zero-order chi connectivity index (χ0) is 20.4. The summed E-state index contributed by atoms with van der Waals surface area (Å²) in [4.78, 5) is 5.47. The van der Waals surface area contributed by atoms with Gasteiger partial charge in [0.2, 0.25) is 0 Å². The standard InChI is InChI=1S/C27H34N2O/c1-16-7-5-6-8-22(16)29-17(2)24-25(26(3)23(28(24)4)9-10-30-26)27(29)20-12-18-11-19(14-20)15-21(27)13-18/h5-10,17-21,23H,11-15H2,1-4H3/t17-,18?,19?,20?,21?,23?,26?,27?/m0/s1. The Hall–Kier alpha value is -1.90. The van der Waals surface area contributed by atoms with Crippen molar-refractivity contribution in [2.45, 2.75) is 76.1 Å². The Kier molecular flexibility index (Phi) is 3.24. The summed E-state index contributed by atoms with van der Waals surface area (Å²) in [6, 6.07) is 9.86. The van der Waals surface area contributed by atoms with E-state index in [9.17, 15) is 0 Å². The molecule has 0 N–H and O–H groups in total. The Morgan fingerprint density at radius 2 is 1.67 bits per heavy atom. The van der Waals surface area contributed by atoms with Crippen molar-refractivity contribution in [3.05, 3.63) is 53.4 Å². The molecule has 8 rings (SSSR count). The molecule has 1 spiro atoms. The zero-order valence-corrected chi connectivity index (χ0v) is 18.8. The molecule has 0 saturated heterocycles. The fourth-order valence-corrected chi connectivity index (χ4v) is 9.41. The number of anilines is 1. The van der Waals surface area contributed by atoms with Gasteiger partial charge in [0.15, 0.2) is 5.60 Å². The fourth-order valence-electron chi connectivity index (χ4n) is 9.41. The smallest absolute Gasteiger partial charge is 0.154 e. The van der Waals surface area contributed by atoms with Gasteiger partial charge in [0.25, 0.3) is 0 Å². The first-order valence-electron chi connectivity index (χ1n) is 12.1. The fraction of sp³-hybridized carbons (Fsp3) is 0.630. The van der Waals surface area contributed by atoms with Crippen molar-refractivity contribution in [1.82, 2.24) is 4.90 Å². The van der Waals surface area contributed by atoms with Crippen LogP contribution in [0, 0.1) is 30.6 Å². The Morgan fingerprint density at radius 1 is 1.00 bits per heavy atom. The van der Waals surface area contributed by atoms with Gasteiger partial charge >= 0.3 is 0 Å². The van der Waals surface area contributed by atoms with Gasteiger partial charge in [-0.2, -0.15) is 0 Å². The largest absolute Gasteiger partial charge is 0.488 e. The average molecular weight is 403 g/mol. The molecule has 2 unspecified atom stereocenters. The van der Waals surface area contributed by atoms with E-state index < -0.39 is 0 Å². The lowest BCUT2D eigenvalue weighted by Crippen LogP contribution is -2.69. The monoisotopic (exact) mass is 402 g/mol. The second kappa shape index (κ2) is 5.47. The van der Waals surface area contributed by atoms with Gasteiger partial charge in [0.05, 0.1) is 23.9 Å². The molecule has 158 valence electrons. The van der Waals surface area contributed by atoms with E-state index >= 15 is 0 Å². The highest BCUT2D eigenvalue weighted by molar-refractivity contribution is 5.68. The van der Waals surface area contributed by atoms with E-state index in [2.05, 4.69) is 68.0 Å². The first-order chi connectivity index (χ1) is 14.5. The van der Waals surface area contributed by atoms with E-state index in [0.717, 1.165) is 23.7 Å². The summed E-state index contributed by atoms with van der Waals surface area (Å²) < 4.78 is 6.54. The minimum atomic E-state index is -0.217. The molecule has 30 heavy (non-hydrogen) atoms. The highest BCUT2D eigenvalue weighted by Gasteiger charge is 2.72. The minimum Gasteiger partial charge on any atom is -0.488 e. The van der Waals surface area contributed by atoms with Crippen molar-refractivity contribution in [2.75, 3.05) is 11.9 Å². The lowest BCUT2D eigenvalue weighted by Gasteiger charge is -2.65. The van der Waals surface area contributed by atoms with Gasteiger partial charge in [0, 0.05) is 24.0 Å². The number of hydrogen-bond acceptors (Lipinski definition) is 3. The molecular formula is C27H34N2O. The number of nitrogens with zero attached hydrogens (tertiary/aromatic N) is 2. The lowest BCUT2D eigenvalue weighted by molar-refractivity contribution is -0.0583. The SMILES string of the molecule is Cc1ccccc1N1[C@@H](C)C2=C(C3(C)OC=CC3N2C)C12C1CC3CC(C1)CC2C3. The summed E-state index contributed by atoms with van der Waals surface area (Å²) in [6.45, 7) is 7.15. The van der Waals surface area contributed by atoms with Crippen LogP contribution >= 0.6 is 0 Å². The third-order valence-corrected chi connectivity index (χ3v) is 10.0. The number of rotatable bonds is 1. The number of para-hydroxylation sites is 1. The lowest BCUT2D eigenvalue weighted by atomic mass is 9.45. The Balaban J connectivity index is 1.50. The molecule has 7 aliphatic rings. The normalized spacial score (nSPS) is 47.5. The van der Waals surface area contributed by atoms with E-state index in [1.165, 1.54) is 43.4 Å². The summed E-state index contributed by atoms with van der Waals surface area (Å²) in [5.74, 6) is 3.44. The summed E-state index contributed by atoms with van der Waals surface area (Å²) in [5, 5.41) is 0. The van der Waals surface area contributed by atoms with E-state index in [0.29, 0.717) is 12.1 Å². The molecule has 0 amide bonds. The van der Waals surface area contributed by atoms with Crippen molar-refractivity contribution >= 4 is 5.69 Å². The van der Waals surface area contributed by atoms with Crippen LogP contribution < -0.4 is 4.90 Å². The third-order valence-electron chi connectivity index (χ3n) is 10.0. The van der Waals surface area contributed by atoms with Crippen molar-refractivity contribution in [3.63, 3.8) is 0 Å². The van der Waals surface area contributed by atoms with Crippen LogP contribution in [0.3, 0.4) is 0 Å². The van der Waals surface area contributed by atoms with E-state index in [1.807, 2.05) is 6.26 Å². The number of likely N-dealkylation sites (N-methyl/N-ethyl adjacent to an activating group) is 1. The molecule has 3 aliphatic heterocycles. The van der Waals surface area contributed by atoms with E-state index in [-0.39, 0.29) is 11.1 Å². The predicted octanol–water partition coefficient (Wildman–Crippen LogP) is 5.27. The molecular weight excluding hydrogens is 368 g/mol. The van der Waals surface area contributed by atoms with Crippen LogP contribution in [-0.2, 0) is 4.74 Å². The summed E-state index contributed by atoms with van der Waals surface area (Å²) in [5.41, 5.74) is 5.97. The van der Waals surface area contributed by atoms with Gasteiger partial charge in [-0.25, -0.2) is 0 Å². The van der Waals surface area contributed by atoms with Crippen molar-refractivity contribution in [2.24, 2.45) is 23.7 Å². The summed E-state index contributed by atoms with van der Waals surface area (Å²) in [6.07, 6.45) is 11.4. The molecule has 4 bridgehead atoms. The van der Waals surface area contributed by atoms with Crippen LogP contribution in [0.15, 0.2) is 47.9 Å². The van der Waals surface area contributed by atoms with Crippen LogP contribution in [0.2, 0.25) is 0 Å². The number of ether oxygens (including phenoxy) is 1. The molecule has 4 fully saturated rings. The number of fused-ring (bicyclic) bond motifs is 2. The molecule has 0 aromatic heterocycles. The van der Waals surface area contributed by atoms with E-state index in [4.69, 9.17) is 4.74 Å². The first kappa shape index (κ1) is 17.7. The second-order valence-corrected chi connectivity index (χ2v) is 11.3. The first-order valence-corrected chi connectivity index (χ1v) is 12.1. The number of benzene rings is 1. The molecule has 0 radical (unpaired) electrons. The van der Waals surface area contributed by atoms with Gasteiger partial charge in [-0.05, 0) is 94.3 Å².